The van der Waals surface area contributed by atoms with Gasteiger partial charge < -0.3 is 16.2 Å². The van der Waals surface area contributed by atoms with Gasteiger partial charge in [0.2, 0.25) is 10.0 Å². The minimum Gasteiger partial charge on any atom is -0.478 e. The van der Waals surface area contributed by atoms with Crippen LogP contribution in [0.4, 0.5) is 11.4 Å². The smallest absolute Gasteiger partial charge is 0.337 e. The van der Waals surface area contributed by atoms with E-state index in [-0.39, 0.29) is 17.0 Å². The first-order valence-electron chi connectivity index (χ1n) is 5.17. The third-order valence-electron chi connectivity index (χ3n) is 2.22. The molecular weight excluding hydrogens is 258 g/mol. The molecule has 0 bridgehead atoms. The Hall–Kier alpha value is -1.80. The highest BCUT2D eigenvalue weighted by molar-refractivity contribution is 7.89. The minimum absolute atomic E-state index is 0.0325. The van der Waals surface area contributed by atoms with Crippen molar-refractivity contribution in [3.8, 4) is 0 Å². The van der Waals surface area contributed by atoms with Crippen LogP contribution in [0.2, 0.25) is 0 Å². The van der Waals surface area contributed by atoms with Gasteiger partial charge in [0.15, 0.2) is 0 Å². The van der Waals surface area contributed by atoms with Gasteiger partial charge in [0.1, 0.15) is 0 Å². The summed E-state index contributed by atoms with van der Waals surface area (Å²) < 4.78 is 21.4. The van der Waals surface area contributed by atoms with Gasteiger partial charge in [-0.3, -0.25) is 0 Å². The van der Waals surface area contributed by atoms with Crippen LogP contribution in [0.25, 0.3) is 0 Å². The van der Waals surface area contributed by atoms with Crippen LogP contribution in [0.1, 0.15) is 16.8 Å². The van der Waals surface area contributed by atoms with Gasteiger partial charge >= 0.3 is 5.97 Å². The summed E-state index contributed by atoms with van der Waals surface area (Å²) in [6.07, 6.45) is 0.361. The van der Waals surface area contributed by atoms with E-state index in [2.05, 4.69) is 5.32 Å². The molecule has 0 fully saturated rings. The molecular formula is C10H15N3O4S. The van der Waals surface area contributed by atoms with Crippen LogP contribution in [0.3, 0.4) is 0 Å². The number of rotatable bonds is 6. The number of nitrogens with two attached hydrogens (primary N) is 2. The lowest BCUT2D eigenvalue weighted by atomic mass is 10.1. The Morgan fingerprint density at radius 2 is 2.06 bits per heavy atom. The number of aromatic carboxylic acids is 1. The number of carbonyl (C=O) groups is 1. The topological polar surface area (TPSA) is 136 Å². The fourth-order valence-corrected chi connectivity index (χ4v) is 1.92. The zero-order chi connectivity index (χ0) is 13.8. The Morgan fingerprint density at radius 3 is 2.56 bits per heavy atom. The first-order valence-corrected chi connectivity index (χ1v) is 6.88. The van der Waals surface area contributed by atoms with Crippen LogP contribution in [0.15, 0.2) is 18.2 Å². The third kappa shape index (κ3) is 4.60. The molecule has 7 nitrogen and oxygen atoms in total. The largest absolute Gasteiger partial charge is 0.478 e. The number of hydrogen-bond acceptors (Lipinski definition) is 5. The second-order valence-electron chi connectivity index (χ2n) is 3.75. The van der Waals surface area contributed by atoms with E-state index >= 15 is 0 Å². The maximum atomic E-state index is 10.7. The van der Waals surface area contributed by atoms with Crippen molar-refractivity contribution in [2.45, 2.75) is 6.42 Å². The molecule has 0 amide bonds. The number of hydrogen-bond donors (Lipinski definition) is 4. The number of carboxylic acid groups (broad SMARTS) is 1. The van der Waals surface area contributed by atoms with Crippen molar-refractivity contribution in [3.63, 3.8) is 0 Å². The summed E-state index contributed by atoms with van der Waals surface area (Å²) in [6.45, 7) is 0.405. The minimum atomic E-state index is -3.45. The zero-order valence-electron chi connectivity index (χ0n) is 9.59. The SMILES string of the molecule is Nc1cc(NCCCS(N)(=O)=O)ccc1C(=O)O. The van der Waals surface area contributed by atoms with E-state index in [1.165, 1.54) is 12.1 Å². The molecule has 0 aliphatic rings. The van der Waals surface area contributed by atoms with E-state index in [0.717, 1.165) is 0 Å². The van der Waals surface area contributed by atoms with Crippen molar-refractivity contribution in [2.75, 3.05) is 23.3 Å². The lowest BCUT2D eigenvalue weighted by Gasteiger charge is -2.08. The molecule has 0 saturated carbocycles. The van der Waals surface area contributed by atoms with Gasteiger partial charge in [0, 0.05) is 17.9 Å². The first kappa shape index (κ1) is 14.3. The van der Waals surface area contributed by atoms with E-state index < -0.39 is 16.0 Å². The lowest BCUT2D eigenvalue weighted by molar-refractivity contribution is 0.0698. The van der Waals surface area contributed by atoms with E-state index in [1.54, 1.807) is 6.07 Å². The van der Waals surface area contributed by atoms with Gasteiger partial charge in [-0.2, -0.15) is 0 Å². The highest BCUT2D eigenvalue weighted by atomic mass is 32.2. The highest BCUT2D eigenvalue weighted by Crippen LogP contribution is 2.17. The predicted octanol–water partition coefficient (Wildman–Crippen LogP) is 0.0575. The molecule has 18 heavy (non-hydrogen) atoms. The number of nitrogen functional groups attached to an aromatic ring is 1. The molecule has 0 unspecified atom stereocenters. The van der Waals surface area contributed by atoms with Crippen molar-refractivity contribution in [2.24, 2.45) is 5.14 Å². The average molecular weight is 273 g/mol. The van der Waals surface area contributed by atoms with E-state index in [0.29, 0.717) is 18.7 Å². The second kappa shape index (κ2) is 5.69. The van der Waals surface area contributed by atoms with Crippen LogP contribution in [-0.2, 0) is 10.0 Å². The predicted molar refractivity (Wildman–Crippen MR) is 68.9 cm³/mol. The monoisotopic (exact) mass is 273 g/mol. The Labute approximate surface area is 105 Å². The number of carboxylic acids is 1. The fraction of sp³-hybridized carbons (Fsp3) is 0.300. The second-order valence-corrected chi connectivity index (χ2v) is 5.49. The standard InChI is InChI=1S/C10H15N3O4S/c11-9-6-7(2-3-8(9)10(14)15)13-4-1-5-18(12,16)17/h2-3,6,13H,1,4-5,11H2,(H,14,15)(H2,12,16,17). The van der Waals surface area contributed by atoms with Crippen LogP contribution in [0, 0.1) is 0 Å². The third-order valence-corrected chi connectivity index (χ3v) is 3.07. The number of anilines is 2. The summed E-state index contributed by atoms with van der Waals surface area (Å²) in [5, 5.41) is 16.6. The maximum Gasteiger partial charge on any atom is 0.337 e. The lowest BCUT2D eigenvalue weighted by Crippen LogP contribution is -2.18. The molecule has 1 rings (SSSR count). The van der Waals surface area contributed by atoms with Crippen molar-refractivity contribution in [1.29, 1.82) is 0 Å². The van der Waals surface area contributed by atoms with Gasteiger partial charge in [0.05, 0.1) is 11.3 Å². The zero-order valence-corrected chi connectivity index (χ0v) is 10.4. The summed E-state index contributed by atoms with van der Waals surface area (Å²) in [5.41, 5.74) is 6.37. The summed E-state index contributed by atoms with van der Waals surface area (Å²) >= 11 is 0. The van der Waals surface area contributed by atoms with Crippen LogP contribution in [0.5, 0.6) is 0 Å². The molecule has 0 aliphatic heterocycles. The fourth-order valence-electron chi connectivity index (χ4n) is 1.37. The summed E-state index contributed by atoms with van der Waals surface area (Å²) in [5.74, 6) is -1.20. The molecule has 8 heteroatoms. The quantitative estimate of drug-likeness (QED) is 0.427. The molecule has 0 atom stereocenters. The van der Waals surface area contributed by atoms with Gasteiger partial charge in [-0.05, 0) is 24.6 Å². The Kier molecular flexibility index (Phi) is 4.51. The molecule has 0 radical (unpaired) electrons. The number of benzene rings is 1. The van der Waals surface area contributed by atoms with Crippen molar-refractivity contribution in [1.82, 2.24) is 0 Å². The van der Waals surface area contributed by atoms with Gasteiger partial charge in [0.25, 0.3) is 0 Å². The van der Waals surface area contributed by atoms with Crippen LogP contribution < -0.4 is 16.2 Å². The molecule has 0 aliphatic carbocycles. The van der Waals surface area contributed by atoms with Gasteiger partial charge in [-0.1, -0.05) is 0 Å². The molecule has 0 saturated heterocycles. The average Bonchev–Trinajstić information content (AvgIpc) is 2.22. The Bertz CT molecular complexity index is 542. The number of sulfonamides is 1. The highest BCUT2D eigenvalue weighted by Gasteiger charge is 2.08. The molecule has 1 aromatic rings. The van der Waals surface area contributed by atoms with Crippen molar-refractivity contribution >= 4 is 27.4 Å². The Morgan fingerprint density at radius 1 is 1.39 bits per heavy atom. The molecule has 0 spiro atoms. The van der Waals surface area contributed by atoms with Crippen LogP contribution >= 0.6 is 0 Å². The van der Waals surface area contributed by atoms with Crippen LogP contribution in [-0.4, -0.2) is 31.8 Å². The normalized spacial score (nSPS) is 11.2. The van der Waals surface area contributed by atoms with Gasteiger partial charge in [-0.25, -0.2) is 18.4 Å². The summed E-state index contributed by atoms with van der Waals surface area (Å²) in [6, 6.07) is 4.44. The molecule has 6 N–H and O–H groups in total. The maximum absolute atomic E-state index is 10.7. The molecule has 0 aromatic heterocycles. The first-order chi connectivity index (χ1) is 8.29. The number of primary sulfonamides is 1. The van der Waals surface area contributed by atoms with Gasteiger partial charge in [-0.15, -0.1) is 0 Å². The summed E-state index contributed by atoms with van der Waals surface area (Å²) in [4.78, 5) is 10.7. The Balaban J connectivity index is 2.54. The van der Waals surface area contributed by atoms with Crippen molar-refractivity contribution < 1.29 is 18.3 Å². The van der Waals surface area contributed by atoms with E-state index in [4.69, 9.17) is 16.0 Å². The van der Waals surface area contributed by atoms with Crippen molar-refractivity contribution in [3.05, 3.63) is 23.8 Å². The molecule has 1 aromatic carbocycles. The molecule has 0 heterocycles. The van der Waals surface area contributed by atoms with E-state index in [9.17, 15) is 13.2 Å². The molecule has 100 valence electrons. The van der Waals surface area contributed by atoms with E-state index in [1.807, 2.05) is 0 Å². The number of nitrogens with one attached hydrogen (secondary N) is 1. The summed E-state index contributed by atoms with van der Waals surface area (Å²) in [7, 11) is -3.45.